The van der Waals surface area contributed by atoms with Gasteiger partial charge < -0.3 is 14.3 Å². The van der Waals surface area contributed by atoms with Gasteiger partial charge >= 0.3 is 0 Å². The average Bonchev–Trinajstić information content (AvgIpc) is 3.09. The van der Waals surface area contributed by atoms with E-state index >= 15 is 0 Å². The van der Waals surface area contributed by atoms with E-state index < -0.39 is 0 Å². The first-order valence-electron chi connectivity index (χ1n) is 10.6. The van der Waals surface area contributed by atoms with Crippen LogP contribution in [0.3, 0.4) is 0 Å². The highest BCUT2D eigenvalue weighted by molar-refractivity contribution is 5.79. The second-order valence-electron chi connectivity index (χ2n) is 8.44. The van der Waals surface area contributed by atoms with Crippen molar-refractivity contribution in [2.75, 3.05) is 19.6 Å². The lowest BCUT2D eigenvalue weighted by Gasteiger charge is -2.38. The van der Waals surface area contributed by atoms with E-state index in [1.807, 2.05) is 13.8 Å². The van der Waals surface area contributed by atoms with Gasteiger partial charge in [0.05, 0.1) is 12.2 Å². The molecule has 150 valence electrons. The number of nitrogens with zero attached hydrogens (tertiary/aromatic N) is 3. The fraction of sp³-hybridized carbons (Fsp3) is 0.565. The molecule has 2 fully saturated rings. The third kappa shape index (κ3) is 3.86. The first-order chi connectivity index (χ1) is 13.6. The van der Waals surface area contributed by atoms with Crippen LogP contribution in [0.2, 0.25) is 0 Å². The summed E-state index contributed by atoms with van der Waals surface area (Å²) in [6, 6.07) is 10.7. The van der Waals surface area contributed by atoms with E-state index in [9.17, 15) is 4.79 Å². The molecular formula is C23H31N3O2. The highest BCUT2D eigenvalue weighted by Gasteiger charge is 2.45. The summed E-state index contributed by atoms with van der Waals surface area (Å²) in [6.07, 6.45) is 6.08. The van der Waals surface area contributed by atoms with Crippen molar-refractivity contribution in [3.8, 4) is 0 Å². The van der Waals surface area contributed by atoms with E-state index in [1.54, 1.807) is 0 Å². The van der Waals surface area contributed by atoms with Crippen LogP contribution in [0.4, 0.5) is 0 Å². The molecule has 1 amide bonds. The van der Waals surface area contributed by atoms with Crippen LogP contribution in [0.15, 0.2) is 34.9 Å². The Bertz CT molecular complexity index is 797. The fourth-order valence-corrected chi connectivity index (χ4v) is 4.93. The number of amides is 1. The van der Waals surface area contributed by atoms with Crippen molar-refractivity contribution in [1.29, 1.82) is 0 Å². The molecule has 0 N–H and O–H groups in total. The summed E-state index contributed by atoms with van der Waals surface area (Å²) in [7, 11) is 0. The van der Waals surface area contributed by atoms with Crippen LogP contribution < -0.4 is 0 Å². The Morgan fingerprint density at radius 2 is 1.93 bits per heavy atom. The number of hydrogen-bond donors (Lipinski definition) is 0. The first kappa shape index (κ1) is 19.2. The molecule has 0 radical (unpaired) electrons. The molecule has 3 heterocycles. The third-order valence-electron chi connectivity index (χ3n) is 6.74. The SMILES string of the molecule is Cc1noc(C)c1CN1C(=O)CC[C@@]12CCCN(CCc1ccccc1)CC2. The minimum absolute atomic E-state index is 0.00866. The molecule has 1 aromatic heterocycles. The summed E-state index contributed by atoms with van der Waals surface area (Å²) in [5.41, 5.74) is 3.40. The summed E-state index contributed by atoms with van der Waals surface area (Å²) in [5, 5.41) is 4.08. The number of rotatable bonds is 5. The van der Waals surface area contributed by atoms with Gasteiger partial charge in [0.25, 0.3) is 0 Å². The predicted molar refractivity (Wildman–Crippen MR) is 109 cm³/mol. The van der Waals surface area contributed by atoms with E-state index in [-0.39, 0.29) is 11.4 Å². The number of aryl methyl sites for hydroxylation is 2. The fourth-order valence-electron chi connectivity index (χ4n) is 4.93. The van der Waals surface area contributed by atoms with Crippen LogP contribution in [0.5, 0.6) is 0 Å². The molecule has 0 bridgehead atoms. The van der Waals surface area contributed by atoms with Crippen molar-refractivity contribution in [2.45, 2.75) is 64.5 Å². The zero-order chi connectivity index (χ0) is 19.6. The number of carbonyl (C=O) groups excluding carboxylic acids is 1. The van der Waals surface area contributed by atoms with Gasteiger partial charge in [0, 0.05) is 30.6 Å². The van der Waals surface area contributed by atoms with Crippen molar-refractivity contribution in [2.24, 2.45) is 0 Å². The van der Waals surface area contributed by atoms with Crippen molar-refractivity contribution in [3.63, 3.8) is 0 Å². The number of aromatic nitrogens is 1. The topological polar surface area (TPSA) is 49.6 Å². The highest BCUT2D eigenvalue weighted by Crippen LogP contribution is 2.40. The van der Waals surface area contributed by atoms with Gasteiger partial charge in [-0.2, -0.15) is 0 Å². The van der Waals surface area contributed by atoms with Gasteiger partial charge in [-0.1, -0.05) is 35.5 Å². The average molecular weight is 382 g/mol. The highest BCUT2D eigenvalue weighted by atomic mass is 16.5. The van der Waals surface area contributed by atoms with Crippen molar-refractivity contribution in [1.82, 2.24) is 15.0 Å². The molecule has 5 nitrogen and oxygen atoms in total. The zero-order valence-electron chi connectivity index (χ0n) is 17.1. The molecule has 1 spiro atoms. The Morgan fingerprint density at radius 1 is 1.11 bits per heavy atom. The van der Waals surface area contributed by atoms with Crippen LogP contribution >= 0.6 is 0 Å². The standard InChI is InChI=1S/C23H31N3O2/c1-18-21(19(2)28-24-18)17-26-22(27)9-12-23(26)11-6-14-25(16-13-23)15-10-20-7-4-3-5-8-20/h3-5,7-8H,6,9-17H2,1-2H3/t23-/m1/s1. The van der Waals surface area contributed by atoms with Crippen molar-refractivity contribution in [3.05, 3.63) is 52.9 Å². The Morgan fingerprint density at radius 3 is 2.68 bits per heavy atom. The molecule has 1 atom stereocenters. The smallest absolute Gasteiger partial charge is 0.223 e. The van der Waals surface area contributed by atoms with Gasteiger partial charge in [0.1, 0.15) is 5.76 Å². The minimum atomic E-state index is 0.00866. The number of hydrogen-bond acceptors (Lipinski definition) is 4. The van der Waals surface area contributed by atoms with Crippen LogP contribution in [0.1, 0.15) is 54.7 Å². The van der Waals surface area contributed by atoms with Gasteiger partial charge in [-0.05, 0) is 58.1 Å². The maximum Gasteiger partial charge on any atom is 0.223 e. The van der Waals surface area contributed by atoms with Crippen LogP contribution in [-0.4, -0.2) is 46.0 Å². The van der Waals surface area contributed by atoms with Crippen LogP contribution in [0.25, 0.3) is 0 Å². The normalized spacial score (nSPS) is 23.5. The maximum atomic E-state index is 12.8. The van der Waals surface area contributed by atoms with Gasteiger partial charge in [-0.15, -0.1) is 0 Å². The Kier molecular flexibility index (Phi) is 5.54. The number of benzene rings is 1. The first-order valence-corrected chi connectivity index (χ1v) is 10.6. The van der Waals surface area contributed by atoms with E-state index in [0.29, 0.717) is 13.0 Å². The van der Waals surface area contributed by atoms with E-state index in [4.69, 9.17) is 4.52 Å². The van der Waals surface area contributed by atoms with Gasteiger partial charge in [0.15, 0.2) is 0 Å². The van der Waals surface area contributed by atoms with E-state index in [1.165, 1.54) is 5.56 Å². The minimum Gasteiger partial charge on any atom is -0.361 e. The summed E-state index contributed by atoms with van der Waals surface area (Å²) < 4.78 is 5.34. The molecule has 0 unspecified atom stereocenters. The summed E-state index contributed by atoms with van der Waals surface area (Å²) >= 11 is 0. The lowest BCUT2D eigenvalue weighted by Crippen LogP contribution is -2.46. The van der Waals surface area contributed by atoms with Crippen LogP contribution in [0, 0.1) is 13.8 Å². The molecule has 4 rings (SSSR count). The Hall–Kier alpha value is -2.14. The maximum absolute atomic E-state index is 12.8. The van der Waals surface area contributed by atoms with Crippen molar-refractivity contribution >= 4 is 5.91 Å². The molecule has 2 saturated heterocycles. The molecule has 28 heavy (non-hydrogen) atoms. The van der Waals surface area contributed by atoms with Crippen molar-refractivity contribution < 1.29 is 9.32 Å². The van der Waals surface area contributed by atoms with Crippen LogP contribution in [-0.2, 0) is 17.8 Å². The molecule has 2 aromatic rings. The number of carbonyl (C=O) groups is 1. The molecule has 1 aromatic carbocycles. The second-order valence-corrected chi connectivity index (χ2v) is 8.44. The molecule has 0 aliphatic carbocycles. The second kappa shape index (κ2) is 8.08. The Balaban J connectivity index is 1.43. The largest absolute Gasteiger partial charge is 0.361 e. The lowest BCUT2D eigenvalue weighted by molar-refractivity contribution is -0.132. The molecule has 5 heteroatoms. The zero-order valence-corrected chi connectivity index (χ0v) is 17.1. The summed E-state index contributed by atoms with van der Waals surface area (Å²) in [4.78, 5) is 17.5. The van der Waals surface area contributed by atoms with E-state index in [2.05, 4.69) is 45.3 Å². The number of likely N-dealkylation sites (tertiary alicyclic amines) is 2. The van der Waals surface area contributed by atoms with Gasteiger partial charge in [-0.3, -0.25) is 4.79 Å². The monoisotopic (exact) mass is 381 g/mol. The van der Waals surface area contributed by atoms with Gasteiger partial charge in [-0.25, -0.2) is 0 Å². The third-order valence-corrected chi connectivity index (χ3v) is 6.74. The molecule has 2 aliphatic rings. The quantitative estimate of drug-likeness (QED) is 0.789. The Labute approximate surface area is 167 Å². The predicted octanol–water partition coefficient (Wildman–Crippen LogP) is 3.88. The molecule has 0 saturated carbocycles. The lowest BCUT2D eigenvalue weighted by atomic mass is 9.87. The summed E-state index contributed by atoms with van der Waals surface area (Å²) in [5.74, 6) is 1.13. The summed E-state index contributed by atoms with van der Waals surface area (Å²) in [6.45, 7) is 7.85. The van der Waals surface area contributed by atoms with E-state index in [0.717, 1.165) is 68.8 Å². The van der Waals surface area contributed by atoms with Gasteiger partial charge in [0.2, 0.25) is 5.91 Å². The molecule has 2 aliphatic heterocycles. The molecular weight excluding hydrogens is 350 g/mol.